The first-order valence-corrected chi connectivity index (χ1v) is 9.98. The van der Waals surface area contributed by atoms with Crippen molar-refractivity contribution in [1.82, 2.24) is 25.1 Å². The Hall–Kier alpha value is -1.68. The molecule has 1 aromatic heterocycles. The van der Waals surface area contributed by atoms with E-state index < -0.39 is 0 Å². The van der Waals surface area contributed by atoms with Crippen LogP contribution in [0.2, 0.25) is 0 Å². The van der Waals surface area contributed by atoms with Gasteiger partial charge in [0.05, 0.1) is 5.69 Å². The maximum Gasteiger partial charge on any atom is 0.191 e. The molecule has 1 aliphatic rings. The SMILES string of the molecule is CN=C(NCc1ccc(-n2ccnc2C)c(F)c1)NC1CCN(C(C)C)CC1.I. The molecule has 0 aliphatic carbocycles. The molecule has 0 atom stereocenters. The summed E-state index contributed by atoms with van der Waals surface area (Å²) >= 11 is 0. The van der Waals surface area contributed by atoms with E-state index in [1.165, 1.54) is 0 Å². The van der Waals surface area contributed by atoms with Gasteiger partial charge in [0.2, 0.25) is 0 Å². The minimum absolute atomic E-state index is 0. The Morgan fingerprint density at radius 3 is 2.59 bits per heavy atom. The Balaban J connectivity index is 0.00000300. The number of rotatable bonds is 5. The van der Waals surface area contributed by atoms with Crippen molar-refractivity contribution < 1.29 is 4.39 Å². The van der Waals surface area contributed by atoms with Gasteiger partial charge in [-0.05, 0) is 51.3 Å². The summed E-state index contributed by atoms with van der Waals surface area (Å²) in [5.74, 6) is 1.26. The number of aryl methyl sites for hydroxylation is 1. The van der Waals surface area contributed by atoms with Gasteiger partial charge < -0.3 is 20.1 Å². The van der Waals surface area contributed by atoms with Crippen LogP contribution in [0.15, 0.2) is 35.6 Å². The monoisotopic (exact) mass is 514 g/mol. The number of piperidine rings is 1. The molecule has 0 saturated carbocycles. The number of aromatic nitrogens is 2. The number of imidazole rings is 1. The lowest BCUT2D eigenvalue weighted by atomic mass is 10.0. The van der Waals surface area contributed by atoms with Gasteiger partial charge in [-0.3, -0.25) is 4.99 Å². The average molecular weight is 514 g/mol. The molecule has 29 heavy (non-hydrogen) atoms. The molecule has 0 amide bonds. The fourth-order valence-corrected chi connectivity index (χ4v) is 3.62. The molecule has 3 rings (SSSR count). The first-order valence-electron chi connectivity index (χ1n) is 9.98. The van der Waals surface area contributed by atoms with Crippen LogP contribution in [0.4, 0.5) is 4.39 Å². The van der Waals surface area contributed by atoms with Gasteiger partial charge >= 0.3 is 0 Å². The van der Waals surface area contributed by atoms with Gasteiger partial charge in [-0.2, -0.15) is 0 Å². The lowest BCUT2D eigenvalue weighted by Gasteiger charge is -2.35. The van der Waals surface area contributed by atoms with Crippen LogP contribution in [-0.2, 0) is 6.54 Å². The smallest absolute Gasteiger partial charge is 0.191 e. The predicted octanol–water partition coefficient (Wildman–Crippen LogP) is 3.48. The summed E-state index contributed by atoms with van der Waals surface area (Å²) < 4.78 is 16.3. The number of nitrogens with zero attached hydrogens (tertiary/aromatic N) is 4. The zero-order valence-corrected chi connectivity index (χ0v) is 20.0. The highest BCUT2D eigenvalue weighted by Crippen LogP contribution is 2.17. The van der Waals surface area contributed by atoms with Gasteiger partial charge in [-0.25, -0.2) is 9.37 Å². The number of halogens is 2. The number of benzene rings is 1. The minimum atomic E-state index is -0.260. The standard InChI is InChI=1S/C21H31FN6.HI/c1-15(2)27-10-7-18(8-11-27)26-21(23-4)25-14-17-5-6-20(19(22)13-17)28-12-9-24-16(28)3;/h5-6,9,12-13,15,18H,7-8,10-11,14H2,1-4H3,(H2,23,25,26);1H. The van der Waals surface area contributed by atoms with Gasteiger partial charge in [-0.15, -0.1) is 24.0 Å². The molecule has 0 radical (unpaired) electrons. The van der Waals surface area contributed by atoms with E-state index >= 15 is 0 Å². The number of likely N-dealkylation sites (tertiary alicyclic amines) is 1. The number of hydrogen-bond donors (Lipinski definition) is 2. The summed E-state index contributed by atoms with van der Waals surface area (Å²) in [6, 6.07) is 6.31. The first-order chi connectivity index (χ1) is 13.5. The number of nitrogens with one attached hydrogen (secondary N) is 2. The maximum absolute atomic E-state index is 14.5. The summed E-state index contributed by atoms with van der Waals surface area (Å²) in [6.07, 6.45) is 5.65. The third-order valence-electron chi connectivity index (χ3n) is 5.38. The number of aliphatic imine (C=N–C) groups is 1. The van der Waals surface area contributed by atoms with E-state index in [1.54, 1.807) is 36.1 Å². The highest BCUT2D eigenvalue weighted by Gasteiger charge is 2.21. The predicted molar refractivity (Wildman–Crippen MR) is 127 cm³/mol. The van der Waals surface area contributed by atoms with Crippen LogP contribution >= 0.6 is 24.0 Å². The van der Waals surface area contributed by atoms with E-state index in [1.807, 2.05) is 13.0 Å². The summed E-state index contributed by atoms with van der Waals surface area (Å²) in [5.41, 5.74) is 1.38. The quantitative estimate of drug-likeness (QED) is 0.365. The molecule has 1 fully saturated rings. The zero-order chi connectivity index (χ0) is 20.1. The van der Waals surface area contributed by atoms with Gasteiger partial charge in [0.25, 0.3) is 0 Å². The minimum Gasteiger partial charge on any atom is -0.354 e. The number of hydrogen-bond acceptors (Lipinski definition) is 3. The average Bonchev–Trinajstić information content (AvgIpc) is 3.11. The third-order valence-corrected chi connectivity index (χ3v) is 5.38. The Labute approximate surface area is 190 Å². The summed E-state index contributed by atoms with van der Waals surface area (Å²) in [6.45, 7) is 9.07. The van der Waals surface area contributed by atoms with Crippen molar-refractivity contribution in [3.05, 3.63) is 47.8 Å². The molecule has 0 spiro atoms. The van der Waals surface area contributed by atoms with Crippen molar-refractivity contribution in [1.29, 1.82) is 0 Å². The Morgan fingerprint density at radius 1 is 1.31 bits per heavy atom. The molecule has 0 unspecified atom stereocenters. The fraction of sp³-hybridized carbons (Fsp3) is 0.524. The van der Waals surface area contributed by atoms with Crippen molar-refractivity contribution >= 4 is 29.9 Å². The van der Waals surface area contributed by atoms with Crippen LogP contribution < -0.4 is 10.6 Å². The molecule has 6 nitrogen and oxygen atoms in total. The lowest BCUT2D eigenvalue weighted by Crippen LogP contribution is -2.49. The highest BCUT2D eigenvalue weighted by molar-refractivity contribution is 14.0. The lowest BCUT2D eigenvalue weighted by molar-refractivity contribution is 0.167. The van der Waals surface area contributed by atoms with E-state index in [2.05, 4.69) is 39.4 Å². The van der Waals surface area contributed by atoms with Gasteiger partial charge in [0.15, 0.2) is 5.96 Å². The van der Waals surface area contributed by atoms with Crippen molar-refractivity contribution in [2.45, 2.75) is 52.2 Å². The molecule has 2 N–H and O–H groups in total. The molecule has 1 aliphatic heterocycles. The second kappa shape index (κ2) is 10.9. The fourth-order valence-electron chi connectivity index (χ4n) is 3.62. The Bertz CT molecular complexity index is 811. The highest BCUT2D eigenvalue weighted by atomic mass is 127. The summed E-state index contributed by atoms with van der Waals surface area (Å²) in [4.78, 5) is 11.0. The number of guanidine groups is 1. The van der Waals surface area contributed by atoms with Crippen LogP contribution in [-0.4, -0.2) is 52.6 Å². The van der Waals surface area contributed by atoms with Crippen LogP contribution in [0.1, 0.15) is 38.1 Å². The van der Waals surface area contributed by atoms with E-state index in [-0.39, 0.29) is 29.8 Å². The molecule has 160 valence electrons. The molecule has 2 aromatic rings. The largest absolute Gasteiger partial charge is 0.354 e. The van der Waals surface area contributed by atoms with Crippen LogP contribution in [0.25, 0.3) is 5.69 Å². The molecular weight excluding hydrogens is 482 g/mol. The third kappa shape index (κ3) is 6.15. The normalized spacial score (nSPS) is 16.0. The molecule has 1 aromatic carbocycles. The van der Waals surface area contributed by atoms with Gasteiger partial charge in [0, 0.05) is 51.2 Å². The van der Waals surface area contributed by atoms with Crippen LogP contribution in [0.5, 0.6) is 0 Å². The van der Waals surface area contributed by atoms with Crippen molar-refractivity contribution in [3.63, 3.8) is 0 Å². The van der Waals surface area contributed by atoms with Crippen molar-refractivity contribution in [2.24, 2.45) is 4.99 Å². The van der Waals surface area contributed by atoms with E-state index in [0.717, 1.165) is 43.3 Å². The van der Waals surface area contributed by atoms with Crippen LogP contribution in [0, 0.1) is 12.7 Å². The summed E-state index contributed by atoms with van der Waals surface area (Å²) in [7, 11) is 1.77. The molecule has 1 saturated heterocycles. The van der Waals surface area contributed by atoms with E-state index in [0.29, 0.717) is 24.3 Å². The van der Waals surface area contributed by atoms with E-state index in [9.17, 15) is 4.39 Å². The zero-order valence-electron chi connectivity index (χ0n) is 17.7. The summed E-state index contributed by atoms with van der Waals surface area (Å²) in [5, 5.41) is 6.80. The van der Waals surface area contributed by atoms with Crippen molar-refractivity contribution in [2.75, 3.05) is 20.1 Å². The molecule has 0 bridgehead atoms. The second-order valence-corrected chi connectivity index (χ2v) is 7.60. The Morgan fingerprint density at radius 2 is 2.03 bits per heavy atom. The maximum atomic E-state index is 14.5. The van der Waals surface area contributed by atoms with Crippen LogP contribution in [0.3, 0.4) is 0 Å². The second-order valence-electron chi connectivity index (χ2n) is 7.60. The Kier molecular flexibility index (Phi) is 8.88. The molecule has 8 heteroatoms. The topological polar surface area (TPSA) is 57.5 Å². The van der Waals surface area contributed by atoms with E-state index in [4.69, 9.17) is 0 Å². The van der Waals surface area contributed by atoms with Gasteiger partial charge in [0.1, 0.15) is 11.6 Å². The van der Waals surface area contributed by atoms with Crippen molar-refractivity contribution in [3.8, 4) is 5.69 Å². The molecular formula is C21H32FIN6. The van der Waals surface area contributed by atoms with Gasteiger partial charge in [-0.1, -0.05) is 6.07 Å². The first kappa shape index (κ1) is 23.6. The molecule has 2 heterocycles.